The van der Waals surface area contributed by atoms with E-state index in [1.54, 1.807) is 0 Å². The van der Waals surface area contributed by atoms with Crippen LogP contribution in [0.4, 0.5) is 0 Å². The number of aliphatic carboxylic acids is 1. The van der Waals surface area contributed by atoms with E-state index in [-0.39, 0.29) is 0 Å². The summed E-state index contributed by atoms with van der Waals surface area (Å²) in [5.41, 5.74) is -1.20. The van der Waals surface area contributed by atoms with E-state index >= 15 is 0 Å². The number of carboxylic acid groups (broad SMARTS) is 1. The first-order valence-corrected chi connectivity index (χ1v) is 17.2. The lowest BCUT2D eigenvalue weighted by atomic mass is 9.89. The zero-order chi connectivity index (χ0) is 28.7. The fraction of sp³-hybridized carbons (Fsp3) is 0.971. The van der Waals surface area contributed by atoms with Gasteiger partial charge >= 0.3 is 5.97 Å². The van der Waals surface area contributed by atoms with Gasteiger partial charge in [0, 0.05) is 13.2 Å². The first-order chi connectivity index (χ1) is 19.1. The Kier molecular flexibility index (Phi) is 29.8. The molecule has 234 valence electrons. The zero-order valence-corrected chi connectivity index (χ0v) is 26.6. The number of carbonyl (C=O) groups is 1. The summed E-state index contributed by atoms with van der Waals surface area (Å²) in [5, 5.41) is 10.2. The second-order valence-electron chi connectivity index (χ2n) is 11.7. The maximum atomic E-state index is 12.4. The number of unbranched alkanes of at least 4 members (excludes halogenated alkanes) is 20. The van der Waals surface area contributed by atoms with Crippen LogP contribution in [-0.4, -0.2) is 36.5 Å². The minimum absolute atomic E-state index is 0.485. The Labute approximate surface area is 243 Å². The summed E-state index contributed by atoms with van der Waals surface area (Å²) >= 11 is 0. The van der Waals surface area contributed by atoms with Crippen LogP contribution in [0.15, 0.2) is 0 Å². The van der Waals surface area contributed by atoms with E-state index < -0.39 is 11.6 Å². The smallest absolute Gasteiger partial charge is 0.339 e. The minimum Gasteiger partial charge on any atom is -0.479 e. The van der Waals surface area contributed by atoms with Gasteiger partial charge in [-0.1, -0.05) is 143 Å². The molecule has 0 aromatic carbocycles. The average molecular weight is 557 g/mol. The van der Waals surface area contributed by atoms with Crippen molar-refractivity contribution >= 4 is 5.97 Å². The molecule has 0 spiro atoms. The second-order valence-corrected chi connectivity index (χ2v) is 11.7. The molecule has 1 N–H and O–H groups in total. The van der Waals surface area contributed by atoms with Crippen molar-refractivity contribution in [2.24, 2.45) is 0 Å². The monoisotopic (exact) mass is 557 g/mol. The molecule has 1 atom stereocenters. The molecule has 0 bridgehead atoms. The van der Waals surface area contributed by atoms with Gasteiger partial charge in [-0.2, -0.15) is 0 Å². The molecule has 0 radical (unpaired) electrons. The zero-order valence-electron chi connectivity index (χ0n) is 26.6. The molecular formula is C34H68O5. The molecule has 39 heavy (non-hydrogen) atoms. The molecule has 0 fully saturated rings. The SMILES string of the molecule is CCCCCCCCOCCCCCCCCC(CCCCCCCC)(OOCCCCCCCC)C(=O)O. The van der Waals surface area contributed by atoms with Crippen molar-refractivity contribution in [3.8, 4) is 0 Å². The number of ether oxygens (including phenoxy) is 1. The molecule has 5 nitrogen and oxygen atoms in total. The Morgan fingerprint density at radius 2 is 0.821 bits per heavy atom. The first-order valence-electron chi connectivity index (χ1n) is 17.2. The molecule has 0 saturated heterocycles. The van der Waals surface area contributed by atoms with E-state index in [1.165, 1.54) is 103 Å². The second kappa shape index (κ2) is 30.3. The molecule has 0 rings (SSSR count). The third kappa shape index (κ3) is 24.8. The van der Waals surface area contributed by atoms with Crippen LogP contribution in [0, 0.1) is 0 Å². The van der Waals surface area contributed by atoms with Crippen LogP contribution in [0.5, 0.6) is 0 Å². The van der Waals surface area contributed by atoms with Gasteiger partial charge in [0.1, 0.15) is 0 Å². The van der Waals surface area contributed by atoms with Gasteiger partial charge in [-0.05, 0) is 44.9 Å². The molecule has 0 aromatic heterocycles. The lowest BCUT2D eigenvalue weighted by Crippen LogP contribution is -2.42. The normalized spacial score (nSPS) is 13.1. The van der Waals surface area contributed by atoms with Crippen molar-refractivity contribution in [1.29, 1.82) is 0 Å². The van der Waals surface area contributed by atoms with Crippen LogP contribution < -0.4 is 0 Å². The summed E-state index contributed by atoms with van der Waals surface area (Å²) in [6, 6.07) is 0. The fourth-order valence-corrected chi connectivity index (χ4v) is 5.15. The van der Waals surface area contributed by atoms with Gasteiger partial charge < -0.3 is 9.84 Å². The van der Waals surface area contributed by atoms with Crippen LogP contribution >= 0.6 is 0 Å². The standard InChI is InChI=1S/C34H68O5/c1-4-7-10-13-18-23-28-34(33(35)36,39-38-32-27-22-15-12-9-6-3)29-24-19-16-17-21-26-31-37-30-25-20-14-11-8-5-2/h4-32H2,1-3H3,(H,35,36). The Hall–Kier alpha value is -0.650. The Morgan fingerprint density at radius 3 is 1.21 bits per heavy atom. The quantitative estimate of drug-likeness (QED) is 0.0494. The summed E-state index contributed by atoms with van der Waals surface area (Å²) in [6.07, 6.45) is 29.4. The minimum atomic E-state index is -1.20. The summed E-state index contributed by atoms with van der Waals surface area (Å²) in [4.78, 5) is 23.7. The van der Waals surface area contributed by atoms with Crippen LogP contribution in [0.25, 0.3) is 0 Å². The molecular weight excluding hydrogens is 488 g/mol. The largest absolute Gasteiger partial charge is 0.479 e. The van der Waals surface area contributed by atoms with Gasteiger partial charge in [0.15, 0.2) is 5.60 Å². The van der Waals surface area contributed by atoms with Crippen molar-refractivity contribution in [1.82, 2.24) is 0 Å². The van der Waals surface area contributed by atoms with Crippen LogP contribution in [0.3, 0.4) is 0 Å². The molecule has 0 aromatic rings. The highest BCUT2D eigenvalue weighted by molar-refractivity contribution is 5.77. The third-order valence-electron chi connectivity index (χ3n) is 7.89. The summed E-state index contributed by atoms with van der Waals surface area (Å²) in [5.74, 6) is -0.860. The van der Waals surface area contributed by atoms with Gasteiger partial charge in [0.25, 0.3) is 0 Å². The highest BCUT2D eigenvalue weighted by Crippen LogP contribution is 2.28. The van der Waals surface area contributed by atoms with Crippen molar-refractivity contribution < 1.29 is 24.4 Å². The predicted molar refractivity (Wildman–Crippen MR) is 165 cm³/mol. The lowest BCUT2D eigenvalue weighted by molar-refractivity contribution is -0.358. The molecule has 0 aliphatic carbocycles. The average Bonchev–Trinajstić information content (AvgIpc) is 2.93. The molecule has 0 heterocycles. The summed E-state index contributed by atoms with van der Waals surface area (Å²) in [7, 11) is 0. The van der Waals surface area contributed by atoms with E-state index in [2.05, 4.69) is 20.8 Å². The third-order valence-corrected chi connectivity index (χ3v) is 7.89. The Bertz CT molecular complexity index is 498. The van der Waals surface area contributed by atoms with Crippen molar-refractivity contribution in [2.45, 2.75) is 193 Å². The highest BCUT2D eigenvalue weighted by Gasteiger charge is 2.40. The van der Waals surface area contributed by atoms with E-state index in [1.807, 2.05) is 0 Å². The van der Waals surface area contributed by atoms with Gasteiger partial charge in [0.2, 0.25) is 0 Å². The maximum Gasteiger partial charge on any atom is 0.339 e. The maximum absolute atomic E-state index is 12.4. The predicted octanol–water partition coefficient (Wildman–Crippen LogP) is 11.0. The van der Waals surface area contributed by atoms with Crippen LogP contribution in [0.1, 0.15) is 188 Å². The summed E-state index contributed by atoms with van der Waals surface area (Å²) < 4.78 is 5.79. The lowest BCUT2D eigenvalue weighted by Gasteiger charge is -2.28. The van der Waals surface area contributed by atoms with Gasteiger partial charge in [-0.25, -0.2) is 14.6 Å². The van der Waals surface area contributed by atoms with Crippen LogP contribution in [0.2, 0.25) is 0 Å². The molecule has 1 unspecified atom stereocenters. The Balaban J connectivity index is 4.19. The van der Waals surface area contributed by atoms with Gasteiger partial charge in [0.05, 0.1) is 6.61 Å². The van der Waals surface area contributed by atoms with Gasteiger partial charge in [-0.3, -0.25) is 0 Å². The van der Waals surface area contributed by atoms with Crippen molar-refractivity contribution in [3.05, 3.63) is 0 Å². The van der Waals surface area contributed by atoms with Gasteiger partial charge in [-0.15, -0.1) is 0 Å². The molecule has 0 aliphatic rings. The van der Waals surface area contributed by atoms with E-state index in [9.17, 15) is 9.90 Å². The van der Waals surface area contributed by atoms with E-state index in [0.717, 1.165) is 64.6 Å². The summed E-state index contributed by atoms with van der Waals surface area (Å²) in [6.45, 7) is 8.96. The first kappa shape index (κ1) is 38.4. The Morgan fingerprint density at radius 1 is 0.487 bits per heavy atom. The van der Waals surface area contributed by atoms with Crippen molar-refractivity contribution in [3.63, 3.8) is 0 Å². The van der Waals surface area contributed by atoms with E-state index in [4.69, 9.17) is 14.5 Å². The number of hydrogen-bond donors (Lipinski definition) is 1. The topological polar surface area (TPSA) is 65.0 Å². The van der Waals surface area contributed by atoms with Crippen molar-refractivity contribution in [2.75, 3.05) is 19.8 Å². The highest BCUT2D eigenvalue weighted by atomic mass is 17.2. The molecule has 5 heteroatoms. The fourth-order valence-electron chi connectivity index (χ4n) is 5.15. The molecule has 0 saturated carbocycles. The van der Waals surface area contributed by atoms with Crippen LogP contribution in [-0.2, 0) is 19.3 Å². The van der Waals surface area contributed by atoms with E-state index in [0.29, 0.717) is 19.4 Å². The number of hydrogen-bond acceptors (Lipinski definition) is 4. The number of carboxylic acids is 1. The number of rotatable bonds is 33. The molecule has 0 amide bonds. The molecule has 0 aliphatic heterocycles.